The van der Waals surface area contributed by atoms with E-state index in [0.717, 1.165) is 12.1 Å². The highest BCUT2D eigenvalue weighted by Crippen LogP contribution is 2.29. The molecule has 13 heteroatoms. The van der Waals surface area contributed by atoms with Gasteiger partial charge in [0.1, 0.15) is 5.69 Å². The number of alkyl halides is 3. The maximum absolute atomic E-state index is 12.4. The van der Waals surface area contributed by atoms with Crippen LogP contribution in [0.25, 0.3) is 0 Å². The molecule has 1 aromatic carbocycles. The molecule has 126 valence electrons. The maximum atomic E-state index is 12.4. The zero-order valence-corrected chi connectivity index (χ0v) is 11.0. The highest BCUT2D eigenvalue weighted by Gasteiger charge is 2.44. The highest BCUT2D eigenvalue weighted by molar-refractivity contribution is 5.71. The molecule has 23 heavy (non-hydrogen) atoms. The van der Waals surface area contributed by atoms with Crippen molar-refractivity contribution >= 4 is 23.0 Å². The van der Waals surface area contributed by atoms with Gasteiger partial charge in [-0.05, 0) is 6.07 Å². The predicted molar refractivity (Wildman–Crippen MR) is 68.6 cm³/mol. The van der Waals surface area contributed by atoms with Crippen molar-refractivity contribution in [2.75, 3.05) is 12.0 Å². The Kier molecular flexibility index (Phi) is 5.40. The summed E-state index contributed by atoms with van der Waals surface area (Å²) in [6.45, 7) is -1.10. The van der Waals surface area contributed by atoms with Gasteiger partial charge in [0.25, 0.3) is 5.69 Å². The molecule has 1 rings (SSSR count). The minimum atomic E-state index is -5.01. The third-order valence-electron chi connectivity index (χ3n) is 2.61. The first-order chi connectivity index (χ1) is 10.5. The lowest BCUT2D eigenvalue weighted by Gasteiger charge is -2.17. The van der Waals surface area contributed by atoms with Crippen LogP contribution in [-0.4, -0.2) is 33.6 Å². The molecule has 3 N–H and O–H groups in total. The molecule has 0 fully saturated rings. The Balaban J connectivity index is 2.87. The molecule has 0 radical (unpaired) electrons. The lowest BCUT2D eigenvalue weighted by molar-refractivity contribution is -0.393. The Morgan fingerprint density at radius 1 is 1.26 bits per heavy atom. The van der Waals surface area contributed by atoms with E-state index in [1.54, 1.807) is 0 Å². The lowest BCUT2D eigenvalue weighted by atomic mass is 10.1. The molecular formula is C10H9F3N4O6. The van der Waals surface area contributed by atoms with Crippen molar-refractivity contribution in [2.24, 2.45) is 5.92 Å². The number of nitrogens with one attached hydrogen (secondary N) is 2. The van der Waals surface area contributed by atoms with Crippen molar-refractivity contribution in [3.8, 4) is 0 Å². The second-order valence-electron chi connectivity index (χ2n) is 4.15. The summed E-state index contributed by atoms with van der Waals surface area (Å²) in [6.07, 6.45) is -5.01. The Morgan fingerprint density at radius 3 is 2.30 bits per heavy atom. The lowest BCUT2D eigenvalue weighted by Crippen LogP contribution is -2.41. The fraction of sp³-hybridized carbons (Fsp3) is 0.300. The van der Waals surface area contributed by atoms with Gasteiger partial charge in [-0.25, -0.2) is 5.43 Å². The zero-order chi connectivity index (χ0) is 17.8. The molecule has 0 bridgehead atoms. The number of hydrogen-bond acceptors (Lipinski definition) is 7. The van der Waals surface area contributed by atoms with E-state index in [1.165, 1.54) is 0 Å². The number of nitrogens with zero attached hydrogens (tertiary/aromatic N) is 2. The first-order valence-electron chi connectivity index (χ1n) is 5.75. The van der Waals surface area contributed by atoms with Crippen molar-refractivity contribution < 1.29 is 32.9 Å². The Hall–Kier alpha value is -2.96. The third-order valence-corrected chi connectivity index (χ3v) is 2.61. The monoisotopic (exact) mass is 338 g/mol. The van der Waals surface area contributed by atoms with Crippen molar-refractivity contribution in [3.63, 3.8) is 0 Å². The summed E-state index contributed by atoms with van der Waals surface area (Å²) in [5.74, 6) is -4.85. The van der Waals surface area contributed by atoms with E-state index in [-0.39, 0.29) is 5.69 Å². The van der Waals surface area contributed by atoms with Gasteiger partial charge in [0.2, 0.25) is 0 Å². The van der Waals surface area contributed by atoms with Gasteiger partial charge in [0.15, 0.2) is 5.92 Å². The Bertz CT molecular complexity index is 636. The van der Waals surface area contributed by atoms with Gasteiger partial charge in [-0.3, -0.25) is 25.0 Å². The summed E-state index contributed by atoms with van der Waals surface area (Å²) in [4.78, 5) is 30.0. The van der Waals surface area contributed by atoms with E-state index in [9.17, 15) is 38.2 Å². The van der Waals surface area contributed by atoms with Gasteiger partial charge in [0, 0.05) is 12.6 Å². The molecule has 1 aromatic rings. The van der Waals surface area contributed by atoms with Crippen LogP contribution in [-0.2, 0) is 4.79 Å². The molecule has 0 aliphatic carbocycles. The Labute approximate surface area is 125 Å². The van der Waals surface area contributed by atoms with E-state index in [0.29, 0.717) is 6.07 Å². The number of aliphatic carboxylic acids is 1. The van der Waals surface area contributed by atoms with Gasteiger partial charge in [0.05, 0.1) is 15.9 Å². The minimum Gasteiger partial charge on any atom is -0.481 e. The molecule has 0 aromatic heterocycles. The SMILES string of the molecule is O=C(O)C(CNNc1ccc([N+](=O)[O-])cc1[N+](=O)[O-])C(F)(F)F. The number of anilines is 1. The molecule has 0 spiro atoms. The van der Waals surface area contributed by atoms with Crippen LogP contribution < -0.4 is 10.9 Å². The Morgan fingerprint density at radius 2 is 1.87 bits per heavy atom. The minimum absolute atomic E-state index is 0.355. The zero-order valence-electron chi connectivity index (χ0n) is 11.0. The number of carboxylic acids is 1. The van der Waals surface area contributed by atoms with Crippen molar-refractivity contribution in [1.82, 2.24) is 5.43 Å². The highest BCUT2D eigenvalue weighted by atomic mass is 19.4. The topological polar surface area (TPSA) is 148 Å². The second kappa shape index (κ2) is 6.87. The number of carboxylic acid groups (broad SMARTS) is 1. The predicted octanol–water partition coefficient (Wildman–Crippen LogP) is 1.68. The van der Waals surface area contributed by atoms with Crippen molar-refractivity contribution in [1.29, 1.82) is 0 Å². The molecule has 0 saturated carbocycles. The summed E-state index contributed by atoms with van der Waals surface area (Å²) in [6, 6.07) is 2.42. The van der Waals surface area contributed by atoms with Crippen LogP contribution in [0.1, 0.15) is 0 Å². The molecule has 10 nitrogen and oxygen atoms in total. The van der Waals surface area contributed by atoms with Crippen LogP contribution in [0.2, 0.25) is 0 Å². The van der Waals surface area contributed by atoms with Crippen LogP contribution in [0, 0.1) is 26.1 Å². The standard InChI is InChI=1S/C10H9F3N4O6/c11-10(12,13)6(9(18)19)4-14-15-7-2-1-5(16(20)21)3-8(7)17(22)23/h1-3,6,14-15H,4H2,(H,18,19). The summed E-state index contributed by atoms with van der Waals surface area (Å²) in [7, 11) is 0. The molecule has 0 saturated heterocycles. The number of carbonyl (C=O) groups is 1. The van der Waals surface area contributed by atoms with Gasteiger partial charge < -0.3 is 10.5 Å². The van der Waals surface area contributed by atoms with Crippen molar-refractivity contribution in [2.45, 2.75) is 6.18 Å². The molecule has 1 atom stereocenters. The fourth-order valence-electron chi connectivity index (χ4n) is 1.48. The first-order valence-corrected chi connectivity index (χ1v) is 5.75. The molecule has 0 aliphatic heterocycles. The fourth-order valence-corrected chi connectivity index (χ4v) is 1.48. The van der Waals surface area contributed by atoms with Crippen LogP contribution in [0.3, 0.4) is 0 Å². The van der Waals surface area contributed by atoms with Gasteiger partial charge in [-0.1, -0.05) is 0 Å². The number of non-ortho nitro benzene ring substituents is 1. The smallest absolute Gasteiger partial charge is 0.403 e. The summed E-state index contributed by atoms with van der Waals surface area (Å²) < 4.78 is 37.2. The van der Waals surface area contributed by atoms with E-state index < -0.39 is 45.8 Å². The number of halogens is 3. The second-order valence-corrected chi connectivity index (χ2v) is 4.15. The summed E-state index contributed by atoms with van der Waals surface area (Å²) in [5, 5.41) is 29.8. The van der Waals surface area contributed by atoms with E-state index in [1.807, 2.05) is 10.9 Å². The average Bonchev–Trinajstić information content (AvgIpc) is 2.41. The summed E-state index contributed by atoms with van der Waals surface area (Å²) >= 11 is 0. The number of hydrazine groups is 1. The number of benzene rings is 1. The number of rotatable bonds is 7. The molecule has 1 unspecified atom stereocenters. The number of nitro benzene ring substituents is 2. The number of hydrogen-bond donors (Lipinski definition) is 3. The van der Waals surface area contributed by atoms with E-state index >= 15 is 0 Å². The van der Waals surface area contributed by atoms with Crippen LogP contribution in [0.15, 0.2) is 18.2 Å². The van der Waals surface area contributed by atoms with E-state index in [2.05, 4.69) is 0 Å². The van der Waals surface area contributed by atoms with Crippen LogP contribution >= 0.6 is 0 Å². The molecular weight excluding hydrogens is 329 g/mol. The third kappa shape index (κ3) is 4.77. The van der Waals surface area contributed by atoms with Crippen LogP contribution in [0.5, 0.6) is 0 Å². The van der Waals surface area contributed by atoms with Crippen LogP contribution in [0.4, 0.5) is 30.2 Å². The van der Waals surface area contributed by atoms with E-state index in [4.69, 9.17) is 5.11 Å². The quantitative estimate of drug-likeness (QED) is 0.502. The van der Waals surface area contributed by atoms with Gasteiger partial charge >= 0.3 is 17.8 Å². The normalized spacial score (nSPS) is 12.5. The van der Waals surface area contributed by atoms with Gasteiger partial charge in [-0.15, -0.1) is 0 Å². The first kappa shape index (κ1) is 18.1. The average molecular weight is 338 g/mol. The summed E-state index contributed by atoms with van der Waals surface area (Å²) in [5.41, 5.74) is 2.25. The molecule has 0 amide bonds. The number of nitro groups is 2. The van der Waals surface area contributed by atoms with Crippen molar-refractivity contribution in [3.05, 3.63) is 38.4 Å². The molecule has 0 aliphatic rings. The largest absolute Gasteiger partial charge is 0.481 e. The molecule has 0 heterocycles. The maximum Gasteiger partial charge on any atom is 0.403 e. The van der Waals surface area contributed by atoms with Gasteiger partial charge in [-0.2, -0.15) is 13.2 Å².